The SMILES string of the molecule is Cc1cc(C)c(C(NN)c2cccc(F)c2Cl)cc1C. The molecule has 106 valence electrons. The summed E-state index contributed by atoms with van der Waals surface area (Å²) in [6.07, 6.45) is 0. The smallest absolute Gasteiger partial charge is 0.142 e. The van der Waals surface area contributed by atoms with Gasteiger partial charge in [-0.05, 0) is 54.7 Å². The Morgan fingerprint density at radius 1 is 1.05 bits per heavy atom. The summed E-state index contributed by atoms with van der Waals surface area (Å²) < 4.78 is 13.6. The first kappa shape index (κ1) is 15.0. The van der Waals surface area contributed by atoms with Crippen molar-refractivity contribution in [2.24, 2.45) is 5.84 Å². The molecular weight excluding hydrogens is 275 g/mol. The molecule has 0 radical (unpaired) electrons. The highest BCUT2D eigenvalue weighted by atomic mass is 35.5. The fourth-order valence-corrected chi connectivity index (χ4v) is 2.62. The summed E-state index contributed by atoms with van der Waals surface area (Å²) in [5, 5.41) is 0.105. The van der Waals surface area contributed by atoms with Gasteiger partial charge in [-0.15, -0.1) is 0 Å². The van der Waals surface area contributed by atoms with Crippen LogP contribution in [0.2, 0.25) is 5.02 Å². The maximum atomic E-state index is 13.6. The van der Waals surface area contributed by atoms with Crippen molar-refractivity contribution in [3.05, 3.63) is 69.0 Å². The Kier molecular flexibility index (Phi) is 4.43. The van der Waals surface area contributed by atoms with E-state index < -0.39 is 5.82 Å². The number of hydrazine groups is 1. The van der Waals surface area contributed by atoms with Gasteiger partial charge in [-0.3, -0.25) is 5.84 Å². The minimum absolute atomic E-state index is 0.105. The standard InChI is InChI=1S/C16H18ClFN2/c1-9-7-11(3)13(8-10(9)2)16(20-19)12-5-4-6-14(18)15(12)17/h4-8,16,20H,19H2,1-3H3. The molecule has 2 aromatic rings. The first-order valence-electron chi connectivity index (χ1n) is 6.43. The van der Waals surface area contributed by atoms with Crippen LogP contribution < -0.4 is 11.3 Å². The molecule has 0 saturated heterocycles. The Balaban J connectivity index is 2.58. The van der Waals surface area contributed by atoms with Gasteiger partial charge in [-0.2, -0.15) is 0 Å². The number of nitrogens with two attached hydrogens (primary N) is 1. The van der Waals surface area contributed by atoms with Gasteiger partial charge in [0, 0.05) is 0 Å². The molecule has 0 amide bonds. The molecule has 2 aromatic carbocycles. The highest BCUT2D eigenvalue weighted by molar-refractivity contribution is 6.31. The van der Waals surface area contributed by atoms with Crippen LogP contribution in [0.4, 0.5) is 4.39 Å². The predicted molar refractivity (Wildman–Crippen MR) is 81.2 cm³/mol. The normalized spacial score (nSPS) is 12.5. The van der Waals surface area contributed by atoms with Gasteiger partial charge in [-0.1, -0.05) is 35.9 Å². The topological polar surface area (TPSA) is 38.0 Å². The van der Waals surface area contributed by atoms with Crippen molar-refractivity contribution in [3.63, 3.8) is 0 Å². The van der Waals surface area contributed by atoms with Crippen LogP contribution in [0.5, 0.6) is 0 Å². The summed E-state index contributed by atoms with van der Waals surface area (Å²) in [6, 6.07) is 8.59. The van der Waals surface area contributed by atoms with Crippen LogP contribution in [0.3, 0.4) is 0 Å². The van der Waals surface area contributed by atoms with Gasteiger partial charge in [-0.25, -0.2) is 9.82 Å². The molecule has 0 bridgehead atoms. The molecule has 0 aromatic heterocycles. The van der Waals surface area contributed by atoms with Gasteiger partial charge < -0.3 is 0 Å². The largest absolute Gasteiger partial charge is 0.271 e. The molecule has 0 heterocycles. The highest BCUT2D eigenvalue weighted by Crippen LogP contribution is 2.32. The number of nitrogens with one attached hydrogen (secondary N) is 1. The molecule has 0 spiro atoms. The lowest BCUT2D eigenvalue weighted by Crippen LogP contribution is -2.30. The Hall–Kier alpha value is -1.42. The monoisotopic (exact) mass is 292 g/mol. The third kappa shape index (κ3) is 2.70. The van der Waals surface area contributed by atoms with Crippen molar-refractivity contribution in [2.45, 2.75) is 26.8 Å². The number of hydrogen-bond acceptors (Lipinski definition) is 2. The molecule has 2 rings (SSSR count). The average molecular weight is 293 g/mol. The Morgan fingerprint density at radius 3 is 2.35 bits per heavy atom. The van der Waals surface area contributed by atoms with E-state index >= 15 is 0 Å². The van der Waals surface area contributed by atoms with Crippen molar-refractivity contribution < 1.29 is 4.39 Å². The average Bonchev–Trinajstić information content (AvgIpc) is 2.41. The Morgan fingerprint density at radius 2 is 1.70 bits per heavy atom. The molecule has 0 fully saturated rings. The first-order chi connectivity index (χ1) is 9.45. The summed E-state index contributed by atoms with van der Waals surface area (Å²) in [5.41, 5.74) is 7.86. The molecule has 0 aliphatic heterocycles. The molecule has 2 nitrogen and oxygen atoms in total. The molecule has 1 atom stereocenters. The van der Waals surface area contributed by atoms with E-state index in [1.54, 1.807) is 12.1 Å². The fourth-order valence-electron chi connectivity index (χ4n) is 2.38. The summed E-state index contributed by atoms with van der Waals surface area (Å²) in [4.78, 5) is 0. The molecule has 20 heavy (non-hydrogen) atoms. The van der Waals surface area contributed by atoms with Crippen LogP contribution >= 0.6 is 11.6 Å². The van der Waals surface area contributed by atoms with E-state index in [9.17, 15) is 4.39 Å². The van der Waals surface area contributed by atoms with E-state index in [2.05, 4.69) is 24.5 Å². The van der Waals surface area contributed by atoms with E-state index in [0.29, 0.717) is 5.56 Å². The summed E-state index contributed by atoms with van der Waals surface area (Å²) in [6.45, 7) is 6.12. The zero-order valence-electron chi connectivity index (χ0n) is 11.8. The van der Waals surface area contributed by atoms with Crippen molar-refractivity contribution in [3.8, 4) is 0 Å². The predicted octanol–water partition coefficient (Wildman–Crippen LogP) is 3.96. The molecule has 0 saturated carbocycles. The summed E-state index contributed by atoms with van der Waals surface area (Å²) >= 11 is 6.07. The fraction of sp³-hybridized carbons (Fsp3) is 0.250. The lowest BCUT2D eigenvalue weighted by Gasteiger charge is -2.21. The van der Waals surface area contributed by atoms with Gasteiger partial charge in [0.2, 0.25) is 0 Å². The van der Waals surface area contributed by atoms with Crippen molar-refractivity contribution in [2.75, 3.05) is 0 Å². The molecule has 1 unspecified atom stereocenters. The minimum Gasteiger partial charge on any atom is -0.271 e. The first-order valence-corrected chi connectivity index (χ1v) is 6.81. The lowest BCUT2D eigenvalue weighted by atomic mass is 9.92. The molecule has 0 aliphatic rings. The van der Waals surface area contributed by atoms with Gasteiger partial charge >= 0.3 is 0 Å². The van der Waals surface area contributed by atoms with Crippen LogP contribution in [0.25, 0.3) is 0 Å². The maximum absolute atomic E-state index is 13.6. The van der Waals surface area contributed by atoms with Crippen LogP contribution in [-0.2, 0) is 0 Å². The second-order valence-electron chi connectivity index (χ2n) is 5.04. The minimum atomic E-state index is -0.439. The molecular formula is C16H18ClFN2. The highest BCUT2D eigenvalue weighted by Gasteiger charge is 2.19. The molecule has 0 aliphatic carbocycles. The van der Waals surface area contributed by atoms with Gasteiger partial charge in [0.15, 0.2) is 0 Å². The zero-order valence-corrected chi connectivity index (χ0v) is 12.6. The van der Waals surface area contributed by atoms with Crippen LogP contribution in [0.15, 0.2) is 30.3 Å². The van der Waals surface area contributed by atoms with E-state index in [4.69, 9.17) is 17.4 Å². The number of hydrogen-bond donors (Lipinski definition) is 2. The third-order valence-electron chi connectivity index (χ3n) is 3.65. The van der Waals surface area contributed by atoms with Gasteiger partial charge in [0.1, 0.15) is 5.82 Å². The van der Waals surface area contributed by atoms with E-state index in [1.807, 2.05) is 13.8 Å². The third-order valence-corrected chi connectivity index (χ3v) is 4.05. The maximum Gasteiger partial charge on any atom is 0.142 e. The van der Waals surface area contributed by atoms with Crippen LogP contribution in [0, 0.1) is 26.6 Å². The van der Waals surface area contributed by atoms with E-state index in [0.717, 1.165) is 11.1 Å². The van der Waals surface area contributed by atoms with Crippen molar-refractivity contribution in [1.82, 2.24) is 5.43 Å². The second kappa shape index (κ2) is 5.92. The van der Waals surface area contributed by atoms with Crippen LogP contribution in [-0.4, -0.2) is 0 Å². The molecule has 3 N–H and O–H groups in total. The van der Waals surface area contributed by atoms with Crippen molar-refractivity contribution in [1.29, 1.82) is 0 Å². The zero-order chi connectivity index (χ0) is 14.9. The quantitative estimate of drug-likeness (QED) is 0.664. The number of aryl methyl sites for hydroxylation is 3. The second-order valence-corrected chi connectivity index (χ2v) is 5.41. The lowest BCUT2D eigenvalue weighted by molar-refractivity contribution is 0.604. The van der Waals surface area contributed by atoms with E-state index in [-0.39, 0.29) is 11.1 Å². The number of benzene rings is 2. The van der Waals surface area contributed by atoms with E-state index in [1.165, 1.54) is 17.2 Å². The van der Waals surface area contributed by atoms with Gasteiger partial charge in [0.25, 0.3) is 0 Å². The van der Waals surface area contributed by atoms with Gasteiger partial charge in [0.05, 0.1) is 11.1 Å². The summed E-state index contributed by atoms with van der Waals surface area (Å²) in [5.74, 6) is 5.24. The van der Waals surface area contributed by atoms with Crippen molar-refractivity contribution >= 4 is 11.6 Å². The van der Waals surface area contributed by atoms with Crippen LogP contribution in [0.1, 0.15) is 33.9 Å². The summed E-state index contributed by atoms with van der Waals surface area (Å²) in [7, 11) is 0. The number of halogens is 2. The number of rotatable bonds is 3. The Labute approximate surface area is 123 Å². The Bertz CT molecular complexity index is 641. The molecule has 4 heteroatoms.